The molecule has 0 radical (unpaired) electrons. The Morgan fingerprint density at radius 3 is 2.75 bits per heavy atom. The zero-order valence-corrected chi connectivity index (χ0v) is 11.8. The predicted molar refractivity (Wildman–Crippen MR) is 73.6 cm³/mol. The molecule has 0 spiro atoms. The van der Waals surface area contributed by atoms with Crippen molar-refractivity contribution in [2.24, 2.45) is 0 Å². The molecule has 0 atom stereocenters. The van der Waals surface area contributed by atoms with E-state index >= 15 is 0 Å². The molecule has 0 aliphatic rings. The molecule has 2 aromatic rings. The van der Waals surface area contributed by atoms with Crippen LogP contribution in [0.15, 0.2) is 24.3 Å². The first-order valence-electron chi connectivity index (χ1n) is 6.45. The maximum atomic E-state index is 13.6. The lowest BCUT2D eigenvalue weighted by Crippen LogP contribution is -2.11. The van der Waals surface area contributed by atoms with Crippen molar-refractivity contribution in [1.29, 1.82) is 0 Å². The first-order chi connectivity index (χ1) is 9.55. The molecule has 0 amide bonds. The number of ether oxygens (including phenoxy) is 1. The van der Waals surface area contributed by atoms with Crippen LogP contribution >= 0.6 is 0 Å². The van der Waals surface area contributed by atoms with Crippen LogP contribution in [0.25, 0.3) is 0 Å². The third kappa shape index (κ3) is 2.87. The van der Waals surface area contributed by atoms with Gasteiger partial charge < -0.3 is 4.74 Å². The molecule has 2 rings (SSSR count). The zero-order chi connectivity index (χ0) is 14.7. The summed E-state index contributed by atoms with van der Waals surface area (Å²) >= 11 is 0. The first kappa shape index (κ1) is 14.2. The number of benzene rings is 1. The Labute approximate surface area is 117 Å². The van der Waals surface area contributed by atoms with Gasteiger partial charge in [-0.1, -0.05) is 6.07 Å². The molecule has 20 heavy (non-hydrogen) atoms. The van der Waals surface area contributed by atoms with Gasteiger partial charge in [0.2, 0.25) is 0 Å². The molecule has 0 unspecified atom stereocenters. The van der Waals surface area contributed by atoms with E-state index in [9.17, 15) is 9.18 Å². The fourth-order valence-corrected chi connectivity index (χ4v) is 2.11. The zero-order valence-electron chi connectivity index (χ0n) is 11.8. The van der Waals surface area contributed by atoms with Gasteiger partial charge in [0, 0.05) is 13.0 Å². The van der Waals surface area contributed by atoms with Crippen molar-refractivity contribution in [2.45, 2.75) is 26.8 Å². The summed E-state index contributed by atoms with van der Waals surface area (Å²) in [5.41, 5.74) is 1.98. The molecule has 1 aromatic carbocycles. The molecule has 1 aromatic heterocycles. The summed E-state index contributed by atoms with van der Waals surface area (Å²) in [7, 11) is 1.41. The summed E-state index contributed by atoms with van der Waals surface area (Å²) in [5, 5.41) is 4.24. The lowest BCUT2D eigenvalue weighted by Gasteiger charge is -2.06. The van der Waals surface area contributed by atoms with Crippen LogP contribution < -0.4 is 4.74 Å². The maximum absolute atomic E-state index is 13.6. The summed E-state index contributed by atoms with van der Waals surface area (Å²) in [6.07, 6.45) is 0.145. The van der Waals surface area contributed by atoms with Gasteiger partial charge in [0.15, 0.2) is 17.3 Å². The number of carbonyl (C=O) groups is 1. The Kier molecular flexibility index (Phi) is 4.17. The predicted octanol–water partition coefficient (Wildman–Crippen LogP) is 2.78. The van der Waals surface area contributed by atoms with Crippen molar-refractivity contribution in [1.82, 2.24) is 9.78 Å². The Bertz CT molecular complexity index is 635. The van der Waals surface area contributed by atoms with E-state index in [2.05, 4.69) is 5.10 Å². The number of carbonyl (C=O) groups excluding carboxylic acids is 1. The Hall–Kier alpha value is -2.17. The van der Waals surface area contributed by atoms with E-state index in [1.54, 1.807) is 16.8 Å². The molecule has 0 fully saturated rings. The van der Waals surface area contributed by atoms with E-state index in [1.165, 1.54) is 19.2 Å². The summed E-state index contributed by atoms with van der Waals surface area (Å²) in [6, 6.07) is 6.31. The summed E-state index contributed by atoms with van der Waals surface area (Å²) in [5.74, 6) is -0.356. The number of rotatable bonds is 5. The van der Waals surface area contributed by atoms with Gasteiger partial charge in [-0.2, -0.15) is 5.10 Å². The van der Waals surface area contributed by atoms with Gasteiger partial charge in [0.1, 0.15) is 5.69 Å². The standard InChI is InChI=1S/C15H17FN2O2/c1-4-18-13(7-10(2)17-18)14(19)9-11-5-6-15(20-3)12(16)8-11/h5-8H,4,9H2,1-3H3. The molecular formula is C15H17FN2O2. The molecule has 0 saturated carbocycles. The van der Waals surface area contributed by atoms with E-state index in [0.717, 1.165) is 5.69 Å². The van der Waals surface area contributed by atoms with Crippen molar-refractivity contribution >= 4 is 5.78 Å². The second-order valence-corrected chi connectivity index (χ2v) is 4.56. The van der Waals surface area contributed by atoms with Crippen molar-refractivity contribution in [2.75, 3.05) is 7.11 Å². The highest BCUT2D eigenvalue weighted by Crippen LogP contribution is 2.19. The number of ketones is 1. The number of hydrogen-bond acceptors (Lipinski definition) is 3. The van der Waals surface area contributed by atoms with E-state index in [-0.39, 0.29) is 18.0 Å². The topological polar surface area (TPSA) is 44.1 Å². The second-order valence-electron chi connectivity index (χ2n) is 4.56. The number of aryl methyl sites for hydroxylation is 2. The fourth-order valence-electron chi connectivity index (χ4n) is 2.11. The highest BCUT2D eigenvalue weighted by atomic mass is 19.1. The minimum Gasteiger partial charge on any atom is -0.494 e. The fraction of sp³-hybridized carbons (Fsp3) is 0.333. The normalized spacial score (nSPS) is 10.6. The average Bonchev–Trinajstić information content (AvgIpc) is 2.80. The molecule has 5 heteroatoms. The van der Waals surface area contributed by atoms with Crippen LogP contribution in [0.4, 0.5) is 4.39 Å². The van der Waals surface area contributed by atoms with Gasteiger partial charge >= 0.3 is 0 Å². The third-order valence-electron chi connectivity index (χ3n) is 3.07. The largest absolute Gasteiger partial charge is 0.494 e. The van der Waals surface area contributed by atoms with Crippen LogP contribution in [0, 0.1) is 12.7 Å². The molecular weight excluding hydrogens is 259 g/mol. The number of Topliss-reactive ketones (excluding diaryl/α,β-unsaturated/α-hetero) is 1. The minimum absolute atomic E-state index is 0.0722. The van der Waals surface area contributed by atoms with Crippen LogP contribution in [0.3, 0.4) is 0 Å². The van der Waals surface area contributed by atoms with Crippen molar-refractivity contribution in [3.8, 4) is 5.75 Å². The van der Waals surface area contributed by atoms with Gasteiger partial charge in [0.25, 0.3) is 0 Å². The maximum Gasteiger partial charge on any atom is 0.185 e. The van der Waals surface area contributed by atoms with E-state index in [0.29, 0.717) is 17.8 Å². The molecule has 0 bridgehead atoms. The highest BCUT2D eigenvalue weighted by Gasteiger charge is 2.14. The number of nitrogens with zero attached hydrogens (tertiary/aromatic N) is 2. The minimum atomic E-state index is -0.460. The molecule has 0 N–H and O–H groups in total. The highest BCUT2D eigenvalue weighted by molar-refractivity contribution is 5.96. The smallest absolute Gasteiger partial charge is 0.185 e. The van der Waals surface area contributed by atoms with Crippen LogP contribution in [-0.4, -0.2) is 22.7 Å². The Morgan fingerprint density at radius 2 is 2.15 bits per heavy atom. The second kappa shape index (κ2) is 5.86. The molecule has 0 aliphatic carbocycles. The van der Waals surface area contributed by atoms with Gasteiger partial charge in [-0.3, -0.25) is 9.48 Å². The van der Waals surface area contributed by atoms with Crippen LogP contribution in [-0.2, 0) is 13.0 Å². The van der Waals surface area contributed by atoms with Gasteiger partial charge in [0.05, 0.1) is 12.8 Å². The quantitative estimate of drug-likeness (QED) is 0.789. The van der Waals surface area contributed by atoms with Gasteiger partial charge in [-0.15, -0.1) is 0 Å². The number of halogens is 1. The lowest BCUT2D eigenvalue weighted by atomic mass is 10.1. The van der Waals surface area contributed by atoms with Crippen molar-refractivity contribution in [3.05, 3.63) is 47.0 Å². The van der Waals surface area contributed by atoms with E-state index in [1.807, 2.05) is 13.8 Å². The third-order valence-corrected chi connectivity index (χ3v) is 3.07. The van der Waals surface area contributed by atoms with E-state index < -0.39 is 5.82 Å². The number of hydrogen-bond donors (Lipinski definition) is 0. The van der Waals surface area contributed by atoms with Crippen molar-refractivity contribution < 1.29 is 13.9 Å². The summed E-state index contributed by atoms with van der Waals surface area (Å²) in [6.45, 7) is 4.40. The van der Waals surface area contributed by atoms with Gasteiger partial charge in [-0.05, 0) is 37.6 Å². The molecule has 4 nitrogen and oxygen atoms in total. The molecule has 106 valence electrons. The molecule has 0 saturated heterocycles. The van der Waals surface area contributed by atoms with Crippen molar-refractivity contribution in [3.63, 3.8) is 0 Å². The Balaban J connectivity index is 2.21. The summed E-state index contributed by atoms with van der Waals surface area (Å²) < 4.78 is 20.1. The van der Waals surface area contributed by atoms with E-state index in [4.69, 9.17) is 4.74 Å². The molecule has 1 heterocycles. The lowest BCUT2D eigenvalue weighted by molar-refractivity contribution is 0.0982. The number of aromatic nitrogens is 2. The summed E-state index contributed by atoms with van der Waals surface area (Å²) in [4.78, 5) is 12.3. The van der Waals surface area contributed by atoms with Crippen LogP contribution in [0.2, 0.25) is 0 Å². The first-order valence-corrected chi connectivity index (χ1v) is 6.45. The monoisotopic (exact) mass is 276 g/mol. The SMILES string of the molecule is CCn1nc(C)cc1C(=O)Cc1ccc(OC)c(F)c1. The Morgan fingerprint density at radius 1 is 1.40 bits per heavy atom. The number of methoxy groups -OCH3 is 1. The average molecular weight is 276 g/mol. The van der Waals surface area contributed by atoms with Gasteiger partial charge in [-0.25, -0.2) is 4.39 Å². The molecule has 0 aliphatic heterocycles. The van der Waals surface area contributed by atoms with Crippen LogP contribution in [0.5, 0.6) is 5.75 Å². The van der Waals surface area contributed by atoms with Crippen LogP contribution in [0.1, 0.15) is 28.7 Å².